The normalized spacial score (nSPS) is 10.1. The summed E-state index contributed by atoms with van der Waals surface area (Å²) in [5, 5.41) is 16.9. The molecule has 7 heteroatoms. The summed E-state index contributed by atoms with van der Waals surface area (Å²) in [4.78, 5) is 0. The average molecular weight is 256 g/mol. The van der Waals surface area contributed by atoms with Crippen molar-refractivity contribution in [1.29, 1.82) is 10.5 Å². The summed E-state index contributed by atoms with van der Waals surface area (Å²) in [6.45, 7) is 0. The summed E-state index contributed by atoms with van der Waals surface area (Å²) in [7, 11) is 0. The van der Waals surface area contributed by atoms with E-state index in [2.05, 4.69) is 4.74 Å². The van der Waals surface area contributed by atoms with Crippen molar-refractivity contribution in [3.05, 3.63) is 35.2 Å². The van der Waals surface area contributed by atoms with Gasteiger partial charge in [-0.05, 0) is 24.3 Å². The Bertz CT molecular complexity index is 548. The van der Waals surface area contributed by atoms with Crippen LogP contribution in [0.2, 0.25) is 0 Å². The van der Waals surface area contributed by atoms with Gasteiger partial charge in [0.2, 0.25) is 0 Å². The fourth-order valence-corrected chi connectivity index (χ4v) is 1.07. The van der Waals surface area contributed by atoms with Gasteiger partial charge in [0.1, 0.15) is 29.3 Å². The summed E-state index contributed by atoms with van der Waals surface area (Å²) in [6.07, 6.45) is -4.06. The van der Waals surface area contributed by atoms with E-state index in [9.17, 15) is 17.6 Å². The van der Waals surface area contributed by atoms with Gasteiger partial charge in [-0.25, -0.2) is 4.39 Å². The van der Waals surface area contributed by atoms with Gasteiger partial charge in [0.25, 0.3) is 0 Å². The molecule has 0 N–H and O–H groups in total. The van der Waals surface area contributed by atoms with Crippen LogP contribution in [-0.2, 0) is 0 Å². The average Bonchev–Trinajstić information content (AvgIpc) is 2.28. The second-order valence-corrected chi connectivity index (χ2v) is 3.01. The van der Waals surface area contributed by atoms with Crippen LogP contribution in [0.15, 0.2) is 23.8 Å². The fourth-order valence-electron chi connectivity index (χ4n) is 1.07. The van der Waals surface area contributed by atoms with E-state index in [-0.39, 0.29) is 5.56 Å². The van der Waals surface area contributed by atoms with Crippen molar-refractivity contribution in [1.82, 2.24) is 0 Å². The third kappa shape index (κ3) is 3.80. The highest BCUT2D eigenvalue weighted by Crippen LogP contribution is 2.25. The zero-order valence-corrected chi connectivity index (χ0v) is 8.62. The SMILES string of the molecule is N#CC(C#N)=Cc1cc(OC(F)(F)F)ccc1F. The van der Waals surface area contributed by atoms with Crippen molar-refractivity contribution in [3.8, 4) is 17.9 Å². The molecule has 1 aromatic carbocycles. The highest BCUT2D eigenvalue weighted by Gasteiger charge is 2.31. The zero-order chi connectivity index (χ0) is 13.8. The smallest absolute Gasteiger partial charge is 0.406 e. The molecule has 0 fully saturated rings. The first-order chi connectivity index (χ1) is 8.35. The first-order valence-electron chi connectivity index (χ1n) is 4.43. The van der Waals surface area contributed by atoms with Gasteiger partial charge in [-0.3, -0.25) is 0 Å². The second-order valence-electron chi connectivity index (χ2n) is 3.01. The molecule has 0 aliphatic carbocycles. The molecule has 0 saturated heterocycles. The molecular weight excluding hydrogens is 252 g/mol. The standard InChI is InChI=1S/C11H4F4N2O/c12-10-2-1-9(18-11(13,14)15)4-8(10)3-7(5-16)6-17/h1-4H. The van der Waals surface area contributed by atoms with Crippen LogP contribution >= 0.6 is 0 Å². The van der Waals surface area contributed by atoms with Gasteiger partial charge < -0.3 is 4.74 Å². The van der Waals surface area contributed by atoms with E-state index < -0.39 is 23.5 Å². The monoisotopic (exact) mass is 256 g/mol. The maximum absolute atomic E-state index is 13.2. The summed E-state index contributed by atoms with van der Waals surface area (Å²) >= 11 is 0. The summed E-state index contributed by atoms with van der Waals surface area (Å²) in [6, 6.07) is 5.22. The van der Waals surface area contributed by atoms with E-state index in [1.807, 2.05) is 0 Å². The van der Waals surface area contributed by atoms with Gasteiger partial charge in [-0.2, -0.15) is 10.5 Å². The van der Waals surface area contributed by atoms with E-state index in [0.717, 1.165) is 24.3 Å². The van der Waals surface area contributed by atoms with Crippen molar-refractivity contribution in [2.45, 2.75) is 6.36 Å². The minimum absolute atomic E-state index is 0.338. The molecule has 0 radical (unpaired) electrons. The minimum Gasteiger partial charge on any atom is -0.406 e. The first-order valence-corrected chi connectivity index (χ1v) is 4.43. The third-order valence-electron chi connectivity index (χ3n) is 1.74. The lowest BCUT2D eigenvalue weighted by Crippen LogP contribution is -2.17. The predicted octanol–water partition coefficient (Wildman–Crippen LogP) is 3.15. The molecular formula is C11H4F4N2O. The molecule has 18 heavy (non-hydrogen) atoms. The van der Waals surface area contributed by atoms with E-state index in [1.54, 1.807) is 0 Å². The van der Waals surface area contributed by atoms with Gasteiger partial charge >= 0.3 is 6.36 Å². The minimum atomic E-state index is -4.90. The lowest BCUT2D eigenvalue weighted by molar-refractivity contribution is -0.274. The number of allylic oxidation sites excluding steroid dienone is 1. The Balaban J connectivity index is 3.15. The number of rotatable bonds is 2. The third-order valence-corrected chi connectivity index (χ3v) is 1.74. The van der Waals surface area contributed by atoms with Crippen molar-refractivity contribution in [2.75, 3.05) is 0 Å². The van der Waals surface area contributed by atoms with Crippen LogP contribution in [0.25, 0.3) is 6.08 Å². The quantitative estimate of drug-likeness (QED) is 0.603. The van der Waals surface area contributed by atoms with E-state index in [1.165, 1.54) is 12.1 Å². The van der Waals surface area contributed by atoms with Gasteiger partial charge in [0.05, 0.1) is 0 Å². The molecule has 0 bridgehead atoms. The van der Waals surface area contributed by atoms with Crippen LogP contribution in [0.1, 0.15) is 5.56 Å². The summed E-state index contributed by atoms with van der Waals surface area (Å²) in [5.41, 5.74) is -0.770. The van der Waals surface area contributed by atoms with Gasteiger partial charge in [0, 0.05) is 5.56 Å². The molecule has 92 valence electrons. The van der Waals surface area contributed by atoms with Crippen molar-refractivity contribution >= 4 is 6.08 Å². The number of hydrogen-bond acceptors (Lipinski definition) is 3. The first kappa shape index (κ1) is 13.5. The maximum atomic E-state index is 13.2. The Labute approximate surface area is 99.1 Å². The number of alkyl halides is 3. The Morgan fingerprint density at radius 3 is 2.33 bits per heavy atom. The molecule has 0 amide bonds. The predicted molar refractivity (Wildman–Crippen MR) is 52.3 cm³/mol. The molecule has 0 unspecified atom stereocenters. The Hall–Kier alpha value is -2.54. The molecule has 0 aliphatic rings. The Kier molecular flexibility index (Phi) is 3.90. The van der Waals surface area contributed by atoms with Crippen LogP contribution in [0.4, 0.5) is 17.6 Å². The van der Waals surface area contributed by atoms with Crippen LogP contribution in [0.5, 0.6) is 5.75 Å². The largest absolute Gasteiger partial charge is 0.573 e. The van der Waals surface area contributed by atoms with E-state index in [0.29, 0.717) is 0 Å². The maximum Gasteiger partial charge on any atom is 0.573 e. The molecule has 1 aromatic rings. The zero-order valence-electron chi connectivity index (χ0n) is 8.62. The molecule has 0 aliphatic heterocycles. The van der Waals surface area contributed by atoms with Crippen molar-refractivity contribution < 1.29 is 22.3 Å². The van der Waals surface area contributed by atoms with Crippen LogP contribution < -0.4 is 4.74 Å². The molecule has 1 rings (SSSR count). The lowest BCUT2D eigenvalue weighted by atomic mass is 10.1. The number of nitrogens with zero attached hydrogens (tertiary/aromatic N) is 2. The lowest BCUT2D eigenvalue weighted by Gasteiger charge is -2.09. The molecule has 0 aromatic heterocycles. The number of ether oxygens (including phenoxy) is 1. The van der Waals surface area contributed by atoms with Gasteiger partial charge in [0.15, 0.2) is 0 Å². The van der Waals surface area contributed by atoms with Crippen molar-refractivity contribution in [2.24, 2.45) is 0 Å². The number of halogens is 4. The number of benzene rings is 1. The second kappa shape index (κ2) is 5.19. The topological polar surface area (TPSA) is 56.8 Å². The number of hydrogen-bond donors (Lipinski definition) is 0. The summed E-state index contributed by atoms with van der Waals surface area (Å²) in [5.74, 6) is -1.50. The number of nitriles is 2. The molecule has 3 nitrogen and oxygen atoms in total. The molecule has 0 spiro atoms. The van der Waals surface area contributed by atoms with Crippen LogP contribution in [0.3, 0.4) is 0 Å². The van der Waals surface area contributed by atoms with Crippen LogP contribution in [0, 0.1) is 28.5 Å². The molecule has 0 heterocycles. The Morgan fingerprint density at radius 1 is 1.22 bits per heavy atom. The summed E-state index contributed by atoms with van der Waals surface area (Å²) < 4.78 is 52.6. The molecule has 0 saturated carbocycles. The Morgan fingerprint density at radius 2 is 1.83 bits per heavy atom. The van der Waals surface area contributed by atoms with Gasteiger partial charge in [-0.1, -0.05) is 0 Å². The fraction of sp³-hybridized carbons (Fsp3) is 0.0909. The highest BCUT2D eigenvalue weighted by atomic mass is 19.4. The van der Waals surface area contributed by atoms with Gasteiger partial charge in [-0.15, -0.1) is 13.2 Å². The van der Waals surface area contributed by atoms with Crippen molar-refractivity contribution in [3.63, 3.8) is 0 Å². The van der Waals surface area contributed by atoms with E-state index >= 15 is 0 Å². The highest BCUT2D eigenvalue weighted by molar-refractivity contribution is 5.63. The van der Waals surface area contributed by atoms with Crippen LogP contribution in [-0.4, -0.2) is 6.36 Å². The molecule has 0 atom stereocenters. The van der Waals surface area contributed by atoms with E-state index in [4.69, 9.17) is 10.5 Å².